The van der Waals surface area contributed by atoms with Gasteiger partial charge in [-0.3, -0.25) is 0 Å². The summed E-state index contributed by atoms with van der Waals surface area (Å²) in [6, 6.07) is 1.65. The third kappa shape index (κ3) is 2.91. The summed E-state index contributed by atoms with van der Waals surface area (Å²) >= 11 is 5.99. The Morgan fingerprint density at radius 1 is 1.35 bits per heavy atom. The fourth-order valence-electron chi connectivity index (χ4n) is 2.02. The van der Waals surface area contributed by atoms with Crippen molar-refractivity contribution < 1.29 is 5.11 Å². The predicted octanol–water partition coefficient (Wildman–Crippen LogP) is 2.36. The highest BCUT2D eigenvalue weighted by atomic mass is 35.5. The van der Waals surface area contributed by atoms with E-state index in [4.69, 9.17) is 17.3 Å². The van der Waals surface area contributed by atoms with E-state index in [1.807, 2.05) is 0 Å². The molecule has 0 spiro atoms. The van der Waals surface area contributed by atoms with E-state index >= 15 is 0 Å². The number of nitrogens with two attached hydrogens (primary N) is 1. The second-order valence-corrected chi connectivity index (χ2v) is 4.80. The largest absolute Gasteiger partial charge is 0.383 e. The normalized spacial score (nSPS) is 18.2. The van der Waals surface area contributed by atoms with Crippen LogP contribution in [0.5, 0.6) is 0 Å². The third-order valence-corrected chi connectivity index (χ3v) is 3.35. The van der Waals surface area contributed by atoms with Gasteiger partial charge in [0.2, 0.25) is 0 Å². The van der Waals surface area contributed by atoms with Crippen LogP contribution in [0, 0.1) is 11.8 Å². The first-order valence-corrected chi connectivity index (χ1v) is 6.14. The molecule has 4 heteroatoms. The molecule has 0 saturated heterocycles. The molecule has 0 amide bonds. The molecule has 2 rings (SSSR count). The topological polar surface area (TPSA) is 59.1 Å². The number of rotatable bonds is 0. The van der Waals surface area contributed by atoms with Gasteiger partial charge in [-0.1, -0.05) is 29.9 Å². The molecule has 0 unspecified atom stereocenters. The van der Waals surface area contributed by atoms with E-state index in [0.717, 1.165) is 25.7 Å². The smallest absolute Gasteiger partial charge is 0.140 e. The lowest BCUT2D eigenvalue weighted by Gasteiger charge is -2.26. The molecule has 1 aromatic rings. The van der Waals surface area contributed by atoms with Crippen molar-refractivity contribution in [3.8, 4) is 11.8 Å². The maximum absolute atomic E-state index is 10.2. The minimum Gasteiger partial charge on any atom is -0.383 e. The van der Waals surface area contributed by atoms with E-state index in [1.54, 1.807) is 6.07 Å². The van der Waals surface area contributed by atoms with Gasteiger partial charge in [0, 0.05) is 6.20 Å². The number of aromatic nitrogens is 1. The zero-order valence-corrected chi connectivity index (χ0v) is 10.3. The number of nitrogen functional groups attached to an aromatic ring is 1. The Morgan fingerprint density at radius 2 is 2.06 bits per heavy atom. The van der Waals surface area contributed by atoms with Crippen molar-refractivity contribution in [3.05, 3.63) is 22.8 Å². The van der Waals surface area contributed by atoms with E-state index in [1.165, 1.54) is 12.6 Å². The summed E-state index contributed by atoms with van der Waals surface area (Å²) in [5.41, 5.74) is 5.32. The molecule has 17 heavy (non-hydrogen) atoms. The molecule has 3 nitrogen and oxygen atoms in total. The van der Waals surface area contributed by atoms with Gasteiger partial charge in [-0.2, -0.15) is 0 Å². The lowest BCUT2D eigenvalue weighted by atomic mass is 9.85. The number of nitrogens with zero attached hydrogens (tertiary/aromatic N) is 1. The Labute approximate surface area is 106 Å². The number of hydrogen-bond donors (Lipinski definition) is 2. The van der Waals surface area contributed by atoms with Gasteiger partial charge in [-0.25, -0.2) is 4.98 Å². The quantitative estimate of drug-likeness (QED) is 0.695. The lowest BCUT2D eigenvalue weighted by Crippen LogP contribution is -2.29. The summed E-state index contributed by atoms with van der Waals surface area (Å²) in [6.07, 6.45) is 6.18. The highest BCUT2D eigenvalue weighted by Crippen LogP contribution is 2.28. The molecule has 0 radical (unpaired) electrons. The van der Waals surface area contributed by atoms with Gasteiger partial charge in [0.1, 0.15) is 11.4 Å². The fourth-order valence-corrected chi connectivity index (χ4v) is 2.22. The van der Waals surface area contributed by atoms with Crippen molar-refractivity contribution in [2.45, 2.75) is 37.7 Å². The standard InChI is InChI=1S/C13H15ClN2O/c14-11-5-9-16-12(15)10(11)4-8-13(17)6-2-1-3-7-13/h5,9,17H,1-3,6-7H2,(H2,15,16). The van der Waals surface area contributed by atoms with Crippen LogP contribution in [0.25, 0.3) is 0 Å². The number of pyridine rings is 1. The van der Waals surface area contributed by atoms with Gasteiger partial charge >= 0.3 is 0 Å². The van der Waals surface area contributed by atoms with Gasteiger partial charge < -0.3 is 10.8 Å². The Kier molecular flexibility index (Phi) is 3.56. The number of halogens is 1. The van der Waals surface area contributed by atoms with E-state index in [2.05, 4.69) is 16.8 Å². The van der Waals surface area contributed by atoms with Gasteiger partial charge in [0.25, 0.3) is 0 Å². The first-order valence-electron chi connectivity index (χ1n) is 5.76. The molecule has 0 bridgehead atoms. The van der Waals surface area contributed by atoms with Crippen LogP contribution in [-0.2, 0) is 0 Å². The number of aliphatic hydroxyl groups is 1. The van der Waals surface area contributed by atoms with Crippen molar-refractivity contribution in [2.24, 2.45) is 0 Å². The average molecular weight is 251 g/mol. The van der Waals surface area contributed by atoms with Crippen LogP contribution in [0.3, 0.4) is 0 Å². The molecule has 1 heterocycles. The minimum atomic E-state index is -0.885. The SMILES string of the molecule is Nc1nccc(Cl)c1C#CC1(O)CCCCC1. The van der Waals surface area contributed by atoms with Crippen molar-refractivity contribution in [1.82, 2.24) is 4.98 Å². The molecule has 1 fully saturated rings. The van der Waals surface area contributed by atoms with Crippen LogP contribution < -0.4 is 5.73 Å². The second kappa shape index (κ2) is 4.95. The van der Waals surface area contributed by atoms with E-state index < -0.39 is 5.60 Å². The highest BCUT2D eigenvalue weighted by Gasteiger charge is 2.26. The molecule has 0 aliphatic heterocycles. The first-order chi connectivity index (χ1) is 8.11. The summed E-state index contributed by atoms with van der Waals surface area (Å²) in [4.78, 5) is 3.94. The number of anilines is 1. The maximum Gasteiger partial charge on any atom is 0.140 e. The van der Waals surface area contributed by atoms with Gasteiger partial charge in [0.15, 0.2) is 0 Å². The summed E-state index contributed by atoms with van der Waals surface area (Å²) in [7, 11) is 0. The van der Waals surface area contributed by atoms with Crippen LogP contribution in [-0.4, -0.2) is 15.7 Å². The molecule has 1 aliphatic carbocycles. The van der Waals surface area contributed by atoms with Crippen molar-refractivity contribution >= 4 is 17.4 Å². The van der Waals surface area contributed by atoms with Crippen LogP contribution in [0.15, 0.2) is 12.3 Å². The van der Waals surface area contributed by atoms with Crippen molar-refractivity contribution in [1.29, 1.82) is 0 Å². The first kappa shape index (κ1) is 12.2. The Morgan fingerprint density at radius 3 is 2.71 bits per heavy atom. The molecule has 1 aromatic heterocycles. The predicted molar refractivity (Wildman–Crippen MR) is 68.6 cm³/mol. The van der Waals surface area contributed by atoms with E-state index in [-0.39, 0.29) is 0 Å². The van der Waals surface area contributed by atoms with Crippen molar-refractivity contribution in [2.75, 3.05) is 5.73 Å². The zero-order valence-electron chi connectivity index (χ0n) is 9.54. The lowest BCUT2D eigenvalue weighted by molar-refractivity contribution is 0.0610. The maximum atomic E-state index is 10.2. The number of hydrogen-bond acceptors (Lipinski definition) is 3. The van der Waals surface area contributed by atoms with Gasteiger partial charge in [0.05, 0.1) is 10.6 Å². The van der Waals surface area contributed by atoms with E-state index in [0.29, 0.717) is 16.4 Å². The van der Waals surface area contributed by atoms with Crippen molar-refractivity contribution in [3.63, 3.8) is 0 Å². The monoisotopic (exact) mass is 250 g/mol. The Bertz CT molecular complexity index is 450. The summed E-state index contributed by atoms with van der Waals surface area (Å²) in [5, 5.41) is 10.7. The summed E-state index contributed by atoms with van der Waals surface area (Å²) < 4.78 is 0. The molecular formula is C13H15ClN2O. The molecule has 0 aromatic carbocycles. The molecule has 1 saturated carbocycles. The Balaban J connectivity index is 2.26. The zero-order chi connectivity index (χ0) is 12.3. The average Bonchev–Trinajstić information content (AvgIpc) is 2.29. The molecule has 3 N–H and O–H groups in total. The van der Waals surface area contributed by atoms with Gasteiger partial charge in [-0.15, -0.1) is 0 Å². The van der Waals surface area contributed by atoms with Crippen LogP contribution in [0.4, 0.5) is 5.82 Å². The van der Waals surface area contributed by atoms with Gasteiger partial charge in [-0.05, 0) is 31.7 Å². The van der Waals surface area contributed by atoms with Crippen LogP contribution in [0.1, 0.15) is 37.7 Å². The summed E-state index contributed by atoms with van der Waals surface area (Å²) in [5.74, 6) is 6.08. The Hall–Kier alpha value is -1.24. The van der Waals surface area contributed by atoms with E-state index in [9.17, 15) is 5.11 Å². The molecule has 90 valence electrons. The minimum absolute atomic E-state index is 0.310. The third-order valence-electron chi connectivity index (χ3n) is 3.03. The highest BCUT2D eigenvalue weighted by molar-refractivity contribution is 6.32. The molecule has 0 atom stereocenters. The molecular weight excluding hydrogens is 236 g/mol. The van der Waals surface area contributed by atoms with Crippen LogP contribution in [0.2, 0.25) is 5.02 Å². The van der Waals surface area contributed by atoms with Crippen LogP contribution >= 0.6 is 11.6 Å². The molecule has 1 aliphatic rings. The fraction of sp³-hybridized carbons (Fsp3) is 0.462. The second-order valence-electron chi connectivity index (χ2n) is 4.40. The summed E-state index contributed by atoms with van der Waals surface area (Å²) in [6.45, 7) is 0.